The summed E-state index contributed by atoms with van der Waals surface area (Å²) in [6.07, 6.45) is 1.47. The van der Waals surface area contributed by atoms with Crippen molar-refractivity contribution < 1.29 is 13.2 Å². The lowest BCUT2D eigenvalue weighted by Gasteiger charge is -2.30. The van der Waals surface area contributed by atoms with E-state index in [9.17, 15) is 13.2 Å². The van der Waals surface area contributed by atoms with E-state index < -0.39 is 16.1 Å². The van der Waals surface area contributed by atoms with Crippen LogP contribution in [0.5, 0.6) is 0 Å². The van der Waals surface area contributed by atoms with E-state index in [1.807, 2.05) is 31.2 Å². The van der Waals surface area contributed by atoms with Crippen LogP contribution in [-0.2, 0) is 21.4 Å². The van der Waals surface area contributed by atoms with Crippen molar-refractivity contribution in [2.75, 3.05) is 10.6 Å². The lowest BCUT2D eigenvalue weighted by Crippen LogP contribution is -2.49. The lowest BCUT2D eigenvalue weighted by atomic mass is 10.1. The van der Waals surface area contributed by atoms with Gasteiger partial charge in [-0.15, -0.1) is 0 Å². The molecule has 140 valence electrons. The Morgan fingerprint density at radius 3 is 2.19 bits per heavy atom. The van der Waals surface area contributed by atoms with Crippen molar-refractivity contribution in [3.05, 3.63) is 64.7 Å². The van der Waals surface area contributed by atoms with Crippen molar-refractivity contribution in [1.29, 1.82) is 0 Å². The third kappa shape index (κ3) is 5.22. The first-order chi connectivity index (χ1) is 12.2. The topological polar surface area (TPSA) is 66.5 Å². The summed E-state index contributed by atoms with van der Waals surface area (Å²) in [6, 6.07) is 13.4. The van der Waals surface area contributed by atoms with Gasteiger partial charge >= 0.3 is 0 Å². The van der Waals surface area contributed by atoms with E-state index in [-0.39, 0.29) is 5.91 Å². The quantitative estimate of drug-likeness (QED) is 0.781. The summed E-state index contributed by atoms with van der Waals surface area (Å²) in [6.45, 7) is 4.02. The Morgan fingerprint density at radius 1 is 1.12 bits per heavy atom. The Bertz CT molecular complexity index is 849. The van der Waals surface area contributed by atoms with Gasteiger partial charge in [-0.05, 0) is 43.2 Å². The molecule has 26 heavy (non-hydrogen) atoms. The molecule has 0 radical (unpaired) electrons. The van der Waals surface area contributed by atoms with Crippen molar-refractivity contribution in [2.45, 2.75) is 32.9 Å². The van der Waals surface area contributed by atoms with Gasteiger partial charge in [-0.2, -0.15) is 0 Å². The van der Waals surface area contributed by atoms with Crippen LogP contribution >= 0.6 is 11.6 Å². The molecule has 0 aliphatic rings. The van der Waals surface area contributed by atoms with E-state index in [0.29, 0.717) is 23.7 Å². The van der Waals surface area contributed by atoms with Crippen molar-refractivity contribution in [3.63, 3.8) is 0 Å². The Hall–Kier alpha value is -2.05. The fourth-order valence-corrected chi connectivity index (χ4v) is 4.00. The second kappa shape index (κ2) is 8.56. The van der Waals surface area contributed by atoms with Gasteiger partial charge < -0.3 is 5.32 Å². The molecule has 1 N–H and O–H groups in total. The van der Waals surface area contributed by atoms with Crippen molar-refractivity contribution in [1.82, 2.24) is 5.32 Å². The largest absolute Gasteiger partial charge is 0.350 e. The van der Waals surface area contributed by atoms with Crippen LogP contribution in [0.15, 0.2) is 48.5 Å². The summed E-state index contributed by atoms with van der Waals surface area (Å²) < 4.78 is 25.9. The average molecular weight is 395 g/mol. The number of hydrogen-bond donors (Lipinski definition) is 1. The van der Waals surface area contributed by atoms with Gasteiger partial charge in [-0.3, -0.25) is 9.10 Å². The highest BCUT2D eigenvalue weighted by Crippen LogP contribution is 2.23. The van der Waals surface area contributed by atoms with Crippen LogP contribution in [0.3, 0.4) is 0 Å². The van der Waals surface area contributed by atoms with Crippen LogP contribution in [0.4, 0.5) is 5.69 Å². The number of hydrogen-bond acceptors (Lipinski definition) is 3. The Labute approximate surface area is 160 Å². The maximum absolute atomic E-state index is 12.7. The molecule has 2 aromatic rings. The first-order valence-corrected chi connectivity index (χ1v) is 10.5. The smallest absolute Gasteiger partial charge is 0.244 e. The van der Waals surface area contributed by atoms with Crippen LogP contribution in [0, 0.1) is 6.92 Å². The van der Waals surface area contributed by atoms with E-state index in [1.54, 1.807) is 31.2 Å². The molecule has 0 aliphatic heterocycles. The lowest BCUT2D eigenvalue weighted by molar-refractivity contribution is -0.122. The molecule has 0 bridgehead atoms. The molecule has 0 saturated heterocycles. The fourth-order valence-electron chi connectivity index (χ4n) is 2.66. The first-order valence-electron chi connectivity index (χ1n) is 8.30. The molecule has 1 amide bonds. The predicted octanol–water partition coefficient (Wildman–Crippen LogP) is 3.51. The minimum atomic E-state index is -3.62. The van der Waals surface area contributed by atoms with Crippen molar-refractivity contribution in [2.24, 2.45) is 0 Å². The van der Waals surface area contributed by atoms with Gasteiger partial charge in [-0.1, -0.05) is 48.4 Å². The molecule has 0 aromatic heterocycles. The molecule has 2 rings (SSSR count). The van der Waals surface area contributed by atoms with Gasteiger partial charge in [0.1, 0.15) is 6.04 Å². The van der Waals surface area contributed by atoms with Gasteiger partial charge in [0, 0.05) is 11.6 Å². The number of rotatable bonds is 7. The zero-order valence-electron chi connectivity index (χ0n) is 15.1. The number of halogens is 1. The molecule has 0 saturated carbocycles. The molecular formula is C19H23ClN2O3S. The van der Waals surface area contributed by atoms with Crippen LogP contribution in [0.2, 0.25) is 5.02 Å². The van der Waals surface area contributed by atoms with Gasteiger partial charge in [-0.25, -0.2) is 8.42 Å². The summed E-state index contributed by atoms with van der Waals surface area (Å²) in [5, 5.41) is 3.43. The molecule has 1 unspecified atom stereocenters. The Balaban J connectivity index is 2.22. The van der Waals surface area contributed by atoms with Gasteiger partial charge in [0.05, 0.1) is 11.9 Å². The average Bonchev–Trinajstić information content (AvgIpc) is 2.59. The minimum Gasteiger partial charge on any atom is -0.350 e. The van der Waals surface area contributed by atoms with Crippen molar-refractivity contribution in [3.8, 4) is 0 Å². The summed E-state index contributed by atoms with van der Waals surface area (Å²) >= 11 is 5.86. The molecule has 0 aliphatic carbocycles. The van der Waals surface area contributed by atoms with E-state index in [0.717, 1.165) is 17.4 Å². The maximum atomic E-state index is 12.7. The summed E-state index contributed by atoms with van der Waals surface area (Å²) in [5.41, 5.74) is 2.38. The zero-order valence-corrected chi connectivity index (χ0v) is 16.6. The number of benzene rings is 2. The zero-order chi connectivity index (χ0) is 19.3. The molecule has 0 heterocycles. The van der Waals surface area contributed by atoms with E-state index in [1.165, 1.54) is 4.31 Å². The van der Waals surface area contributed by atoms with Gasteiger partial charge in [0.15, 0.2) is 0 Å². The molecule has 1 atom stereocenters. The number of carbonyl (C=O) groups excluding carboxylic acids is 1. The van der Waals surface area contributed by atoms with Crippen LogP contribution in [0.25, 0.3) is 0 Å². The fraction of sp³-hybridized carbons (Fsp3) is 0.316. The monoisotopic (exact) mass is 394 g/mol. The summed E-state index contributed by atoms with van der Waals surface area (Å²) in [5.74, 6) is -0.339. The summed E-state index contributed by atoms with van der Waals surface area (Å²) in [4.78, 5) is 12.7. The minimum absolute atomic E-state index is 0.304. The molecular weight excluding hydrogens is 372 g/mol. The number of anilines is 1. The SMILES string of the molecule is CCC(C(=O)NCc1ccc(Cl)cc1)N(c1ccc(C)cc1)S(C)(=O)=O. The van der Waals surface area contributed by atoms with Gasteiger partial charge in [0.2, 0.25) is 15.9 Å². The number of amides is 1. The highest BCUT2D eigenvalue weighted by molar-refractivity contribution is 7.92. The number of carbonyl (C=O) groups is 1. The highest BCUT2D eigenvalue weighted by Gasteiger charge is 2.31. The van der Waals surface area contributed by atoms with Crippen LogP contribution in [0.1, 0.15) is 24.5 Å². The maximum Gasteiger partial charge on any atom is 0.244 e. The number of sulfonamides is 1. The van der Waals surface area contributed by atoms with Crippen LogP contribution in [-0.4, -0.2) is 26.6 Å². The molecule has 2 aromatic carbocycles. The molecule has 0 spiro atoms. The predicted molar refractivity (Wildman–Crippen MR) is 106 cm³/mol. The van der Waals surface area contributed by atoms with E-state index in [4.69, 9.17) is 11.6 Å². The number of aryl methyl sites for hydroxylation is 1. The van der Waals surface area contributed by atoms with E-state index in [2.05, 4.69) is 5.32 Å². The molecule has 7 heteroatoms. The number of nitrogens with zero attached hydrogens (tertiary/aromatic N) is 1. The normalized spacial score (nSPS) is 12.5. The third-order valence-corrected chi connectivity index (χ3v) is 5.43. The third-order valence-electron chi connectivity index (χ3n) is 4.00. The second-order valence-corrected chi connectivity index (χ2v) is 8.46. The second-order valence-electron chi connectivity index (χ2n) is 6.16. The Kier molecular flexibility index (Phi) is 6.67. The molecule has 0 fully saturated rings. The highest BCUT2D eigenvalue weighted by atomic mass is 35.5. The summed E-state index contributed by atoms with van der Waals surface area (Å²) in [7, 11) is -3.62. The van der Waals surface area contributed by atoms with Crippen molar-refractivity contribution >= 4 is 33.2 Å². The Morgan fingerprint density at radius 2 is 1.69 bits per heavy atom. The van der Waals surface area contributed by atoms with Gasteiger partial charge in [0.25, 0.3) is 0 Å². The molecule has 5 nitrogen and oxygen atoms in total. The first kappa shape index (κ1) is 20.3. The van der Waals surface area contributed by atoms with Crippen LogP contribution < -0.4 is 9.62 Å². The number of nitrogens with one attached hydrogen (secondary N) is 1. The van der Waals surface area contributed by atoms with E-state index >= 15 is 0 Å². The standard InChI is InChI=1S/C19H23ClN2O3S/c1-4-18(19(23)21-13-15-7-9-16(20)10-8-15)22(26(3,24)25)17-11-5-14(2)6-12-17/h5-12,18H,4,13H2,1-3H3,(H,21,23).